The summed E-state index contributed by atoms with van der Waals surface area (Å²) in [5.74, 6) is -1.29. The average Bonchev–Trinajstić information content (AvgIpc) is 2.16. The topological polar surface area (TPSA) is 52.9 Å². The predicted octanol–water partition coefficient (Wildman–Crippen LogP) is 1.51. The van der Waals surface area contributed by atoms with Crippen LogP contribution in [-0.4, -0.2) is 35.9 Å². The molecule has 0 spiro atoms. The summed E-state index contributed by atoms with van der Waals surface area (Å²) in [5, 5.41) is 14.9. The molecule has 1 N–H and O–H groups in total. The van der Waals surface area contributed by atoms with E-state index in [1.54, 1.807) is 17.2 Å². The van der Waals surface area contributed by atoms with Crippen molar-refractivity contribution in [2.75, 3.05) is 14.1 Å². The van der Waals surface area contributed by atoms with Gasteiger partial charge in [-0.25, -0.2) is 0 Å². The lowest BCUT2D eigenvalue weighted by molar-refractivity contribution is -0.138. The molecule has 0 heterocycles. The van der Waals surface area contributed by atoms with E-state index in [-0.39, 0.29) is 0 Å². The third-order valence-electron chi connectivity index (χ3n) is 2.18. The van der Waals surface area contributed by atoms with E-state index in [1.807, 2.05) is 27.1 Å². The fraction of sp³-hybridized carbons (Fsp3) is 0.455. The van der Waals surface area contributed by atoms with Crippen LogP contribution in [0.5, 0.6) is 0 Å². The van der Waals surface area contributed by atoms with E-state index in [9.17, 15) is 4.79 Å². The SMILES string of the molecule is CCC1=C/C(=N/N(C)C)C=CC1C(=O)O. The van der Waals surface area contributed by atoms with Gasteiger partial charge in [-0.05, 0) is 18.6 Å². The number of nitrogens with zero attached hydrogens (tertiary/aromatic N) is 2. The van der Waals surface area contributed by atoms with Crippen LogP contribution in [0.4, 0.5) is 0 Å². The Hall–Kier alpha value is -1.58. The zero-order chi connectivity index (χ0) is 11.4. The summed E-state index contributed by atoms with van der Waals surface area (Å²) in [6.07, 6.45) is 6.01. The van der Waals surface area contributed by atoms with Crippen LogP contribution in [0.15, 0.2) is 28.9 Å². The summed E-state index contributed by atoms with van der Waals surface area (Å²) in [6, 6.07) is 0. The Bertz CT molecular complexity index is 340. The Kier molecular flexibility index (Phi) is 3.66. The van der Waals surface area contributed by atoms with E-state index >= 15 is 0 Å². The molecule has 0 radical (unpaired) electrons. The lowest BCUT2D eigenvalue weighted by atomic mass is 9.91. The largest absolute Gasteiger partial charge is 0.481 e. The summed E-state index contributed by atoms with van der Waals surface area (Å²) in [6.45, 7) is 1.95. The highest BCUT2D eigenvalue weighted by atomic mass is 16.4. The number of carbonyl (C=O) groups is 1. The Morgan fingerprint density at radius 3 is 2.73 bits per heavy atom. The highest BCUT2D eigenvalue weighted by Gasteiger charge is 2.21. The molecule has 1 unspecified atom stereocenters. The molecule has 1 rings (SSSR count). The van der Waals surface area contributed by atoms with Crippen LogP contribution in [0.1, 0.15) is 13.3 Å². The molecule has 0 aliphatic heterocycles. The fourth-order valence-electron chi connectivity index (χ4n) is 1.50. The van der Waals surface area contributed by atoms with Crippen molar-refractivity contribution in [3.05, 3.63) is 23.8 Å². The van der Waals surface area contributed by atoms with E-state index < -0.39 is 11.9 Å². The van der Waals surface area contributed by atoms with Gasteiger partial charge in [0.1, 0.15) is 0 Å². The lowest BCUT2D eigenvalue weighted by Crippen LogP contribution is -2.18. The van der Waals surface area contributed by atoms with Gasteiger partial charge in [0.15, 0.2) is 0 Å². The van der Waals surface area contributed by atoms with Crippen molar-refractivity contribution in [3.63, 3.8) is 0 Å². The molecule has 1 aliphatic rings. The summed E-state index contributed by atoms with van der Waals surface area (Å²) < 4.78 is 0. The summed E-state index contributed by atoms with van der Waals surface area (Å²) >= 11 is 0. The molecule has 0 bridgehead atoms. The highest BCUT2D eigenvalue weighted by Crippen LogP contribution is 2.21. The Morgan fingerprint density at radius 1 is 1.60 bits per heavy atom. The van der Waals surface area contributed by atoms with Crippen LogP contribution >= 0.6 is 0 Å². The van der Waals surface area contributed by atoms with Gasteiger partial charge in [-0.3, -0.25) is 4.79 Å². The maximum absolute atomic E-state index is 10.9. The van der Waals surface area contributed by atoms with Gasteiger partial charge in [0.25, 0.3) is 0 Å². The Morgan fingerprint density at radius 2 is 2.27 bits per heavy atom. The normalized spacial score (nSPS) is 22.7. The lowest BCUT2D eigenvalue weighted by Gasteiger charge is -2.16. The van der Waals surface area contributed by atoms with Crippen molar-refractivity contribution in [1.82, 2.24) is 5.01 Å². The monoisotopic (exact) mass is 208 g/mol. The molecule has 4 nitrogen and oxygen atoms in total. The maximum Gasteiger partial charge on any atom is 0.314 e. The second-order valence-electron chi connectivity index (χ2n) is 3.62. The number of aliphatic carboxylic acids is 1. The van der Waals surface area contributed by atoms with Crippen molar-refractivity contribution in [2.24, 2.45) is 11.0 Å². The number of carboxylic acids is 1. The van der Waals surface area contributed by atoms with Crippen LogP contribution in [0.3, 0.4) is 0 Å². The van der Waals surface area contributed by atoms with Gasteiger partial charge in [0.2, 0.25) is 0 Å². The Balaban J connectivity index is 2.93. The van der Waals surface area contributed by atoms with Crippen molar-refractivity contribution in [3.8, 4) is 0 Å². The average molecular weight is 208 g/mol. The molecule has 0 saturated carbocycles. The summed E-state index contributed by atoms with van der Waals surface area (Å²) in [5.41, 5.74) is 1.69. The molecule has 0 aromatic carbocycles. The standard InChI is InChI=1S/C11H16N2O2/c1-4-8-7-9(12-13(2)3)5-6-10(8)11(14)15/h5-7,10H,4H2,1-3H3,(H,14,15)/b12-9+. The molecule has 0 aromatic heterocycles. The molecule has 0 aromatic rings. The number of rotatable bonds is 3. The van der Waals surface area contributed by atoms with Gasteiger partial charge in [0.05, 0.1) is 11.6 Å². The van der Waals surface area contributed by atoms with Crippen LogP contribution in [0.2, 0.25) is 0 Å². The molecule has 0 saturated heterocycles. The number of hydrogen-bond donors (Lipinski definition) is 1. The molecule has 1 aliphatic carbocycles. The summed E-state index contributed by atoms with van der Waals surface area (Å²) in [7, 11) is 3.67. The van der Waals surface area contributed by atoms with Crippen LogP contribution in [0.25, 0.3) is 0 Å². The van der Waals surface area contributed by atoms with Gasteiger partial charge in [-0.1, -0.05) is 18.6 Å². The molecule has 4 heteroatoms. The minimum atomic E-state index is -0.803. The number of hydrogen-bond acceptors (Lipinski definition) is 3. The summed E-state index contributed by atoms with van der Waals surface area (Å²) in [4.78, 5) is 10.9. The smallest absolute Gasteiger partial charge is 0.314 e. The van der Waals surface area contributed by atoms with E-state index in [0.29, 0.717) is 0 Å². The third-order valence-corrected chi connectivity index (χ3v) is 2.18. The second kappa shape index (κ2) is 4.77. The minimum absolute atomic E-state index is 0.490. The first kappa shape index (κ1) is 11.5. The van der Waals surface area contributed by atoms with Gasteiger partial charge < -0.3 is 10.1 Å². The van der Waals surface area contributed by atoms with Crippen molar-refractivity contribution in [1.29, 1.82) is 0 Å². The van der Waals surface area contributed by atoms with Crippen molar-refractivity contribution >= 4 is 11.7 Å². The van der Waals surface area contributed by atoms with Crippen molar-refractivity contribution in [2.45, 2.75) is 13.3 Å². The van der Waals surface area contributed by atoms with Gasteiger partial charge >= 0.3 is 5.97 Å². The zero-order valence-corrected chi connectivity index (χ0v) is 9.27. The van der Waals surface area contributed by atoms with Gasteiger partial charge in [-0.15, -0.1) is 0 Å². The molecule has 82 valence electrons. The first-order valence-electron chi connectivity index (χ1n) is 4.92. The van der Waals surface area contributed by atoms with E-state index in [4.69, 9.17) is 5.11 Å². The van der Waals surface area contributed by atoms with Crippen molar-refractivity contribution < 1.29 is 9.90 Å². The first-order valence-corrected chi connectivity index (χ1v) is 4.92. The third kappa shape index (κ3) is 2.94. The van der Waals surface area contributed by atoms with Crippen LogP contribution in [0, 0.1) is 5.92 Å². The van der Waals surface area contributed by atoms with E-state index in [1.165, 1.54) is 0 Å². The van der Waals surface area contributed by atoms with E-state index in [0.717, 1.165) is 17.7 Å². The number of allylic oxidation sites excluding steroid dienone is 2. The van der Waals surface area contributed by atoms with E-state index in [2.05, 4.69) is 5.10 Å². The number of carboxylic acid groups (broad SMARTS) is 1. The fourth-order valence-corrected chi connectivity index (χ4v) is 1.50. The Labute approximate surface area is 89.6 Å². The first-order chi connectivity index (χ1) is 7.04. The molecule has 15 heavy (non-hydrogen) atoms. The highest BCUT2D eigenvalue weighted by molar-refractivity contribution is 6.06. The molecule has 1 atom stereocenters. The van der Waals surface area contributed by atoms with Crippen LogP contribution < -0.4 is 0 Å². The zero-order valence-electron chi connectivity index (χ0n) is 9.27. The van der Waals surface area contributed by atoms with Gasteiger partial charge in [0, 0.05) is 14.1 Å². The number of hydrazone groups is 1. The molecular formula is C11H16N2O2. The quantitative estimate of drug-likeness (QED) is 0.715. The molecule has 0 amide bonds. The predicted molar refractivity (Wildman–Crippen MR) is 59.8 cm³/mol. The van der Waals surface area contributed by atoms with Crippen LogP contribution in [-0.2, 0) is 4.79 Å². The second-order valence-corrected chi connectivity index (χ2v) is 3.62. The maximum atomic E-state index is 10.9. The molecule has 0 fully saturated rings. The minimum Gasteiger partial charge on any atom is -0.481 e. The van der Waals surface area contributed by atoms with Gasteiger partial charge in [-0.2, -0.15) is 5.10 Å². The molecular weight excluding hydrogens is 192 g/mol.